The average Bonchev–Trinajstić information content (AvgIpc) is 2.28. The molecule has 0 amide bonds. The van der Waals surface area contributed by atoms with Gasteiger partial charge in [0.1, 0.15) is 5.69 Å². The molecule has 0 heterocycles. The summed E-state index contributed by atoms with van der Waals surface area (Å²) in [6, 6.07) is 5.66. The maximum absolute atomic E-state index is 11.1. The third-order valence-corrected chi connectivity index (χ3v) is 3.06. The minimum absolute atomic E-state index is 0.194. The minimum atomic E-state index is -0.309. The fourth-order valence-electron chi connectivity index (χ4n) is 2.06. The molecular weight excluding hydrogens is 228 g/mol. The number of aryl methyl sites for hydroxylation is 1. The molecule has 0 aliphatic heterocycles. The molecule has 1 aromatic carbocycles. The van der Waals surface area contributed by atoms with Crippen molar-refractivity contribution < 1.29 is 4.92 Å². The maximum Gasteiger partial charge on any atom is 0.295 e. The van der Waals surface area contributed by atoms with Crippen molar-refractivity contribution in [2.75, 3.05) is 5.32 Å². The summed E-state index contributed by atoms with van der Waals surface area (Å²) in [7, 11) is 0. The molecule has 1 N–H and O–H groups in total. The molecule has 0 saturated heterocycles. The molecule has 1 unspecified atom stereocenters. The second-order valence-electron chi connectivity index (χ2n) is 4.77. The van der Waals surface area contributed by atoms with E-state index in [-0.39, 0.29) is 16.7 Å². The first-order chi connectivity index (χ1) is 8.56. The molecule has 0 aromatic heterocycles. The van der Waals surface area contributed by atoms with E-state index in [1.807, 2.05) is 6.07 Å². The first-order valence-electron chi connectivity index (χ1n) is 6.56. The molecule has 4 nitrogen and oxygen atoms in total. The Balaban J connectivity index is 2.72. The highest BCUT2D eigenvalue weighted by Gasteiger charge is 2.17. The predicted octanol–water partition coefficient (Wildman–Crippen LogP) is 4.28. The van der Waals surface area contributed by atoms with Crippen molar-refractivity contribution in [1.82, 2.24) is 0 Å². The van der Waals surface area contributed by atoms with Crippen LogP contribution in [0.1, 0.15) is 45.1 Å². The summed E-state index contributed by atoms with van der Waals surface area (Å²) >= 11 is 0. The summed E-state index contributed by atoms with van der Waals surface area (Å²) in [6.07, 6.45) is 4.60. The van der Waals surface area contributed by atoms with Crippen LogP contribution in [0.5, 0.6) is 0 Å². The molecule has 18 heavy (non-hydrogen) atoms. The molecule has 1 aromatic rings. The van der Waals surface area contributed by atoms with E-state index in [2.05, 4.69) is 19.2 Å². The number of para-hydroxylation sites is 1. The highest BCUT2D eigenvalue weighted by atomic mass is 16.6. The van der Waals surface area contributed by atoms with Crippen LogP contribution in [-0.2, 0) is 0 Å². The van der Waals surface area contributed by atoms with Crippen molar-refractivity contribution in [3.05, 3.63) is 33.9 Å². The molecule has 0 aliphatic carbocycles. The lowest BCUT2D eigenvalue weighted by molar-refractivity contribution is -0.384. The van der Waals surface area contributed by atoms with Crippen LogP contribution in [0.4, 0.5) is 11.4 Å². The number of nitro groups is 1. The van der Waals surface area contributed by atoms with Crippen molar-refractivity contribution >= 4 is 11.4 Å². The second kappa shape index (κ2) is 6.99. The first kappa shape index (κ1) is 14.5. The van der Waals surface area contributed by atoms with Crippen LogP contribution in [0.3, 0.4) is 0 Å². The fourth-order valence-corrected chi connectivity index (χ4v) is 2.06. The van der Waals surface area contributed by atoms with Gasteiger partial charge >= 0.3 is 0 Å². The number of hydrogen-bond donors (Lipinski definition) is 1. The molecule has 100 valence electrons. The average molecular weight is 250 g/mol. The van der Waals surface area contributed by atoms with Crippen LogP contribution in [0.25, 0.3) is 0 Å². The van der Waals surface area contributed by atoms with Crippen molar-refractivity contribution in [3.63, 3.8) is 0 Å². The first-order valence-corrected chi connectivity index (χ1v) is 6.56. The maximum atomic E-state index is 11.1. The van der Waals surface area contributed by atoms with Gasteiger partial charge in [0.15, 0.2) is 0 Å². The van der Waals surface area contributed by atoms with Gasteiger partial charge < -0.3 is 5.32 Å². The fraction of sp³-hybridized carbons (Fsp3) is 0.571. The van der Waals surface area contributed by atoms with Crippen LogP contribution in [0.2, 0.25) is 0 Å². The van der Waals surface area contributed by atoms with E-state index in [9.17, 15) is 10.1 Å². The lowest BCUT2D eigenvalue weighted by atomic mass is 10.1. The zero-order valence-corrected chi connectivity index (χ0v) is 11.4. The Bertz CT molecular complexity index is 405. The number of rotatable bonds is 7. The molecule has 1 atom stereocenters. The molecule has 4 heteroatoms. The van der Waals surface area contributed by atoms with Gasteiger partial charge in [-0.2, -0.15) is 0 Å². The van der Waals surface area contributed by atoms with Crippen molar-refractivity contribution in [2.24, 2.45) is 0 Å². The lowest BCUT2D eigenvalue weighted by Crippen LogP contribution is -2.16. The van der Waals surface area contributed by atoms with Crippen LogP contribution in [0.15, 0.2) is 18.2 Å². The van der Waals surface area contributed by atoms with E-state index in [0.717, 1.165) is 12.8 Å². The number of hydrogen-bond acceptors (Lipinski definition) is 3. The molecule has 0 spiro atoms. The molecular formula is C14H22N2O2. The number of unbranched alkanes of at least 4 members (excludes halogenated alkanes) is 2. The Morgan fingerprint density at radius 2 is 2.11 bits per heavy atom. The van der Waals surface area contributed by atoms with Crippen molar-refractivity contribution in [2.45, 2.75) is 52.5 Å². The van der Waals surface area contributed by atoms with Crippen LogP contribution < -0.4 is 5.32 Å². The summed E-state index contributed by atoms with van der Waals surface area (Å²) in [5.41, 5.74) is 1.52. The highest BCUT2D eigenvalue weighted by molar-refractivity contribution is 5.65. The zero-order valence-electron chi connectivity index (χ0n) is 11.4. The van der Waals surface area contributed by atoms with Gasteiger partial charge in [-0.25, -0.2) is 0 Å². The molecule has 0 aliphatic rings. The van der Waals surface area contributed by atoms with E-state index < -0.39 is 0 Å². The van der Waals surface area contributed by atoms with Gasteiger partial charge in [0.05, 0.1) is 4.92 Å². The highest BCUT2D eigenvalue weighted by Crippen LogP contribution is 2.28. The van der Waals surface area contributed by atoms with E-state index in [1.165, 1.54) is 12.8 Å². The predicted molar refractivity (Wildman–Crippen MR) is 75.1 cm³/mol. The third kappa shape index (κ3) is 4.02. The molecule has 0 bridgehead atoms. The van der Waals surface area contributed by atoms with Gasteiger partial charge in [0.2, 0.25) is 0 Å². The van der Waals surface area contributed by atoms with E-state index in [1.54, 1.807) is 19.1 Å². The van der Waals surface area contributed by atoms with Gasteiger partial charge in [-0.1, -0.05) is 38.3 Å². The monoisotopic (exact) mass is 250 g/mol. The molecule has 0 fully saturated rings. The Kier molecular flexibility index (Phi) is 5.62. The summed E-state index contributed by atoms with van der Waals surface area (Å²) in [5.74, 6) is 0. The Hall–Kier alpha value is -1.58. The Morgan fingerprint density at radius 3 is 2.72 bits per heavy atom. The molecule has 0 radical (unpaired) electrons. The Morgan fingerprint density at radius 1 is 1.39 bits per heavy atom. The standard InChI is InChI=1S/C14H22N2O2/c1-4-5-6-9-12(3)15-13-10-7-8-11(2)14(13)16(17)18/h7-8,10,12,15H,4-6,9H2,1-3H3. The smallest absolute Gasteiger partial charge is 0.295 e. The number of anilines is 1. The summed E-state index contributed by atoms with van der Waals surface area (Å²) in [6.45, 7) is 6.01. The molecule has 1 rings (SSSR count). The van der Waals surface area contributed by atoms with Crippen molar-refractivity contribution in [1.29, 1.82) is 0 Å². The Labute approximate surface area is 109 Å². The number of nitro benzene ring substituents is 1. The summed E-state index contributed by atoms with van der Waals surface area (Å²) in [4.78, 5) is 10.7. The topological polar surface area (TPSA) is 55.2 Å². The van der Waals surface area contributed by atoms with Crippen LogP contribution >= 0.6 is 0 Å². The SMILES string of the molecule is CCCCCC(C)Nc1cccc(C)c1[N+](=O)[O-]. The van der Waals surface area contributed by atoms with Crippen LogP contribution in [0, 0.1) is 17.0 Å². The summed E-state index contributed by atoms with van der Waals surface area (Å²) < 4.78 is 0. The number of benzene rings is 1. The van der Waals surface area contributed by atoms with Gasteiger partial charge in [0, 0.05) is 11.6 Å². The number of nitrogens with zero attached hydrogens (tertiary/aromatic N) is 1. The second-order valence-corrected chi connectivity index (χ2v) is 4.77. The van der Waals surface area contributed by atoms with E-state index >= 15 is 0 Å². The van der Waals surface area contributed by atoms with Gasteiger partial charge in [-0.05, 0) is 26.3 Å². The quantitative estimate of drug-likeness (QED) is 0.446. The number of nitrogens with one attached hydrogen (secondary N) is 1. The van der Waals surface area contributed by atoms with E-state index in [4.69, 9.17) is 0 Å². The lowest BCUT2D eigenvalue weighted by Gasteiger charge is -2.15. The van der Waals surface area contributed by atoms with Gasteiger partial charge in [-0.3, -0.25) is 10.1 Å². The van der Waals surface area contributed by atoms with Crippen LogP contribution in [-0.4, -0.2) is 11.0 Å². The minimum Gasteiger partial charge on any atom is -0.377 e. The molecule has 0 saturated carbocycles. The normalized spacial score (nSPS) is 12.2. The largest absolute Gasteiger partial charge is 0.377 e. The zero-order chi connectivity index (χ0) is 13.5. The van der Waals surface area contributed by atoms with Crippen molar-refractivity contribution in [3.8, 4) is 0 Å². The van der Waals surface area contributed by atoms with Gasteiger partial charge in [0.25, 0.3) is 5.69 Å². The van der Waals surface area contributed by atoms with E-state index in [0.29, 0.717) is 11.3 Å². The third-order valence-electron chi connectivity index (χ3n) is 3.06. The summed E-state index contributed by atoms with van der Waals surface area (Å²) in [5, 5.41) is 14.3. The van der Waals surface area contributed by atoms with Gasteiger partial charge in [-0.15, -0.1) is 0 Å².